The van der Waals surface area contributed by atoms with E-state index in [1.807, 2.05) is 24.3 Å². The fourth-order valence-corrected chi connectivity index (χ4v) is 2.89. The van der Waals surface area contributed by atoms with E-state index < -0.39 is 0 Å². The van der Waals surface area contributed by atoms with Crippen LogP contribution in [0.3, 0.4) is 0 Å². The molecule has 1 rings (SSSR count). The predicted molar refractivity (Wildman–Crippen MR) is 89.1 cm³/mol. The van der Waals surface area contributed by atoms with Crippen LogP contribution in [0.4, 0.5) is 0 Å². The van der Waals surface area contributed by atoms with Crippen molar-refractivity contribution in [3.8, 4) is 6.07 Å². The first-order valence-electron chi connectivity index (χ1n) is 7.62. The fourth-order valence-electron chi connectivity index (χ4n) is 2.64. The highest BCUT2D eigenvalue weighted by Crippen LogP contribution is 2.31. The van der Waals surface area contributed by atoms with Gasteiger partial charge in [-0.05, 0) is 24.0 Å². The Morgan fingerprint density at radius 1 is 1.33 bits per heavy atom. The molecular formula is C17H26ClN3. The SMILES string of the molecule is CCC(N)C(c1ccccc1Cl)N(CCC#N)CC(C)C. The van der Waals surface area contributed by atoms with Gasteiger partial charge in [-0.25, -0.2) is 0 Å². The van der Waals surface area contributed by atoms with Gasteiger partial charge in [-0.1, -0.05) is 50.6 Å². The highest BCUT2D eigenvalue weighted by molar-refractivity contribution is 6.31. The van der Waals surface area contributed by atoms with Gasteiger partial charge in [-0.15, -0.1) is 0 Å². The first-order chi connectivity index (χ1) is 10.0. The van der Waals surface area contributed by atoms with Gasteiger partial charge < -0.3 is 5.73 Å². The zero-order chi connectivity index (χ0) is 15.8. The second kappa shape index (κ2) is 9.04. The first kappa shape index (κ1) is 18.0. The average molecular weight is 308 g/mol. The molecule has 0 fully saturated rings. The van der Waals surface area contributed by atoms with Crippen LogP contribution in [-0.4, -0.2) is 24.0 Å². The van der Waals surface area contributed by atoms with Crippen LogP contribution < -0.4 is 5.73 Å². The third-order valence-electron chi connectivity index (χ3n) is 3.60. The van der Waals surface area contributed by atoms with Crippen LogP contribution >= 0.6 is 11.6 Å². The van der Waals surface area contributed by atoms with Crippen molar-refractivity contribution in [3.63, 3.8) is 0 Å². The van der Waals surface area contributed by atoms with Gasteiger partial charge in [-0.2, -0.15) is 5.26 Å². The Morgan fingerprint density at radius 3 is 2.52 bits per heavy atom. The number of nitriles is 1. The summed E-state index contributed by atoms with van der Waals surface area (Å²) in [5.74, 6) is 0.512. The molecule has 0 aromatic heterocycles. The molecule has 0 radical (unpaired) electrons. The molecule has 1 aromatic rings. The predicted octanol–water partition coefficient (Wildman–Crippen LogP) is 3.99. The third kappa shape index (κ3) is 5.32. The number of nitrogens with zero attached hydrogens (tertiary/aromatic N) is 2. The number of hydrogen-bond donors (Lipinski definition) is 1. The molecule has 0 aliphatic heterocycles. The van der Waals surface area contributed by atoms with Crippen LogP contribution in [-0.2, 0) is 0 Å². The Labute approximate surface area is 133 Å². The minimum absolute atomic E-state index is 0.00217. The second-order valence-corrected chi connectivity index (χ2v) is 6.24. The zero-order valence-corrected chi connectivity index (χ0v) is 14.0. The maximum atomic E-state index is 8.92. The molecule has 2 N–H and O–H groups in total. The molecule has 0 saturated carbocycles. The molecule has 0 heterocycles. The first-order valence-corrected chi connectivity index (χ1v) is 8.00. The maximum Gasteiger partial charge on any atom is 0.0635 e. The molecule has 0 spiro atoms. The average Bonchev–Trinajstić information content (AvgIpc) is 2.45. The van der Waals surface area contributed by atoms with E-state index in [0.29, 0.717) is 12.3 Å². The van der Waals surface area contributed by atoms with Crippen molar-refractivity contribution in [2.45, 2.75) is 45.7 Å². The van der Waals surface area contributed by atoms with Crippen molar-refractivity contribution in [2.24, 2.45) is 11.7 Å². The minimum Gasteiger partial charge on any atom is -0.326 e. The molecule has 0 aliphatic rings. The van der Waals surface area contributed by atoms with Crippen molar-refractivity contribution < 1.29 is 0 Å². The lowest BCUT2D eigenvalue weighted by Gasteiger charge is -2.36. The molecule has 2 unspecified atom stereocenters. The fraction of sp³-hybridized carbons (Fsp3) is 0.588. The molecule has 116 valence electrons. The topological polar surface area (TPSA) is 53.0 Å². The van der Waals surface area contributed by atoms with Crippen molar-refractivity contribution in [1.29, 1.82) is 5.26 Å². The van der Waals surface area contributed by atoms with Gasteiger partial charge in [-0.3, -0.25) is 4.90 Å². The lowest BCUT2D eigenvalue weighted by molar-refractivity contribution is 0.154. The van der Waals surface area contributed by atoms with Gasteiger partial charge in [0, 0.05) is 30.6 Å². The number of hydrogen-bond acceptors (Lipinski definition) is 3. The molecule has 3 nitrogen and oxygen atoms in total. The molecule has 0 saturated heterocycles. The molecule has 4 heteroatoms. The van der Waals surface area contributed by atoms with E-state index in [-0.39, 0.29) is 12.1 Å². The monoisotopic (exact) mass is 307 g/mol. The standard InChI is InChI=1S/C17H26ClN3/c1-4-16(20)17(14-8-5-6-9-15(14)18)21(11-7-10-19)12-13(2)3/h5-6,8-9,13,16-17H,4,7,11-12,20H2,1-3H3. The Kier molecular flexibility index (Phi) is 7.74. The third-order valence-corrected chi connectivity index (χ3v) is 3.95. The van der Waals surface area contributed by atoms with Crippen LogP contribution in [0.15, 0.2) is 24.3 Å². The van der Waals surface area contributed by atoms with E-state index in [1.54, 1.807) is 0 Å². The zero-order valence-electron chi connectivity index (χ0n) is 13.2. The van der Waals surface area contributed by atoms with Gasteiger partial charge in [0.25, 0.3) is 0 Å². The summed E-state index contributed by atoms with van der Waals surface area (Å²) in [5, 5.41) is 9.67. The van der Waals surface area contributed by atoms with Crippen molar-refractivity contribution in [3.05, 3.63) is 34.9 Å². The van der Waals surface area contributed by atoms with Crippen LogP contribution in [0, 0.1) is 17.2 Å². The smallest absolute Gasteiger partial charge is 0.0635 e. The van der Waals surface area contributed by atoms with Gasteiger partial charge in [0.1, 0.15) is 0 Å². The molecule has 21 heavy (non-hydrogen) atoms. The molecular weight excluding hydrogens is 282 g/mol. The normalized spacial score (nSPS) is 14.2. The maximum absolute atomic E-state index is 8.92. The molecule has 2 atom stereocenters. The summed E-state index contributed by atoms with van der Waals surface area (Å²) in [6, 6.07) is 10.2. The van der Waals surface area contributed by atoms with Crippen molar-refractivity contribution >= 4 is 11.6 Å². The summed E-state index contributed by atoms with van der Waals surface area (Å²) in [6.07, 6.45) is 1.38. The number of benzene rings is 1. The molecule has 0 aliphatic carbocycles. The summed E-state index contributed by atoms with van der Waals surface area (Å²) in [4.78, 5) is 2.31. The van der Waals surface area contributed by atoms with Gasteiger partial charge >= 0.3 is 0 Å². The Bertz CT molecular complexity index is 467. The Hall–Kier alpha value is -1.08. The van der Waals surface area contributed by atoms with Gasteiger partial charge in [0.05, 0.1) is 12.1 Å². The Morgan fingerprint density at radius 2 is 2.00 bits per heavy atom. The van der Waals surface area contributed by atoms with E-state index in [0.717, 1.165) is 30.1 Å². The summed E-state index contributed by atoms with van der Waals surface area (Å²) in [5.41, 5.74) is 7.45. The van der Waals surface area contributed by atoms with E-state index >= 15 is 0 Å². The van der Waals surface area contributed by atoms with E-state index in [9.17, 15) is 0 Å². The van der Waals surface area contributed by atoms with Crippen LogP contribution in [0.5, 0.6) is 0 Å². The van der Waals surface area contributed by atoms with E-state index in [4.69, 9.17) is 22.6 Å². The number of halogens is 1. The molecule has 0 amide bonds. The molecule has 0 bridgehead atoms. The highest BCUT2D eigenvalue weighted by Gasteiger charge is 2.27. The van der Waals surface area contributed by atoms with Crippen LogP contribution in [0.2, 0.25) is 5.02 Å². The summed E-state index contributed by atoms with van der Waals surface area (Å²) in [6.45, 7) is 8.08. The minimum atomic E-state index is 0.00217. The molecule has 1 aromatic carbocycles. The Balaban J connectivity index is 3.13. The highest BCUT2D eigenvalue weighted by atomic mass is 35.5. The van der Waals surface area contributed by atoms with Crippen LogP contribution in [0.25, 0.3) is 0 Å². The van der Waals surface area contributed by atoms with Gasteiger partial charge in [0.2, 0.25) is 0 Å². The summed E-state index contributed by atoms with van der Waals surface area (Å²) < 4.78 is 0. The number of nitrogens with two attached hydrogens (primary N) is 1. The van der Waals surface area contributed by atoms with Gasteiger partial charge in [0.15, 0.2) is 0 Å². The van der Waals surface area contributed by atoms with E-state index in [1.165, 1.54) is 0 Å². The largest absolute Gasteiger partial charge is 0.326 e. The van der Waals surface area contributed by atoms with Crippen molar-refractivity contribution in [1.82, 2.24) is 4.90 Å². The second-order valence-electron chi connectivity index (χ2n) is 5.84. The van der Waals surface area contributed by atoms with Crippen molar-refractivity contribution in [2.75, 3.05) is 13.1 Å². The lowest BCUT2D eigenvalue weighted by atomic mass is 9.95. The quantitative estimate of drug-likeness (QED) is 0.790. The van der Waals surface area contributed by atoms with Crippen LogP contribution in [0.1, 0.15) is 45.2 Å². The summed E-state index contributed by atoms with van der Waals surface area (Å²) in [7, 11) is 0. The summed E-state index contributed by atoms with van der Waals surface area (Å²) >= 11 is 6.39. The number of rotatable bonds is 8. The van der Waals surface area contributed by atoms with E-state index in [2.05, 4.69) is 31.7 Å². The lowest BCUT2D eigenvalue weighted by Crippen LogP contribution is -2.43.